The molecule has 2 N–H and O–H groups in total. The standard InChI is InChI=1S/C12H15N3O/c1-8-6-10(12(13)16)11(15(8)2)9-4-3-5-14-7-9/h3-5,7,10-11H,1,6H2,2H3,(H2,13,16). The van der Waals surface area contributed by atoms with E-state index in [1.54, 1.807) is 12.4 Å². The van der Waals surface area contributed by atoms with Gasteiger partial charge in [-0.15, -0.1) is 0 Å². The molecule has 0 spiro atoms. The SMILES string of the molecule is C=C1CC(C(N)=O)C(c2cccnc2)N1C. The van der Waals surface area contributed by atoms with Crippen molar-refractivity contribution in [3.8, 4) is 0 Å². The number of rotatable bonds is 2. The zero-order valence-corrected chi connectivity index (χ0v) is 9.26. The van der Waals surface area contributed by atoms with Crippen LogP contribution in [0.5, 0.6) is 0 Å². The van der Waals surface area contributed by atoms with Gasteiger partial charge in [0.1, 0.15) is 0 Å². The van der Waals surface area contributed by atoms with Gasteiger partial charge in [0.2, 0.25) is 5.91 Å². The molecule has 16 heavy (non-hydrogen) atoms. The van der Waals surface area contributed by atoms with E-state index >= 15 is 0 Å². The van der Waals surface area contributed by atoms with E-state index in [9.17, 15) is 4.79 Å². The fourth-order valence-electron chi connectivity index (χ4n) is 2.24. The predicted molar refractivity (Wildman–Crippen MR) is 61.2 cm³/mol. The number of amides is 1. The predicted octanol–water partition coefficient (Wildman–Crippen LogP) is 1.07. The summed E-state index contributed by atoms with van der Waals surface area (Å²) in [5.41, 5.74) is 7.37. The van der Waals surface area contributed by atoms with Crippen LogP contribution in [0.2, 0.25) is 0 Å². The lowest BCUT2D eigenvalue weighted by Gasteiger charge is -2.25. The van der Waals surface area contributed by atoms with Gasteiger partial charge >= 0.3 is 0 Å². The maximum Gasteiger partial charge on any atom is 0.223 e. The van der Waals surface area contributed by atoms with Crippen molar-refractivity contribution in [1.29, 1.82) is 0 Å². The molecule has 1 aromatic rings. The van der Waals surface area contributed by atoms with Crippen molar-refractivity contribution >= 4 is 5.91 Å². The summed E-state index contributed by atoms with van der Waals surface area (Å²) in [5.74, 6) is -0.485. The minimum Gasteiger partial charge on any atom is -0.370 e. The lowest BCUT2D eigenvalue weighted by atomic mass is 9.94. The molecule has 0 aliphatic carbocycles. The molecule has 1 aromatic heterocycles. The van der Waals surface area contributed by atoms with E-state index in [-0.39, 0.29) is 17.9 Å². The Morgan fingerprint density at radius 3 is 3.00 bits per heavy atom. The summed E-state index contributed by atoms with van der Waals surface area (Å²) in [7, 11) is 1.93. The van der Waals surface area contributed by atoms with Crippen LogP contribution in [-0.4, -0.2) is 22.8 Å². The normalized spacial score (nSPS) is 24.8. The number of primary amides is 1. The molecule has 1 aliphatic rings. The van der Waals surface area contributed by atoms with Gasteiger partial charge in [0.15, 0.2) is 0 Å². The van der Waals surface area contributed by atoms with E-state index in [1.807, 2.05) is 24.1 Å². The first-order valence-electron chi connectivity index (χ1n) is 5.21. The average Bonchev–Trinajstić information content (AvgIpc) is 2.57. The number of pyridine rings is 1. The van der Waals surface area contributed by atoms with E-state index in [0.717, 1.165) is 11.3 Å². The second-order valence-electron chi connectivity index (χ2n) is 4.12. The van der Waals surface area contributed by atoms with Crippen molar-refractivity contribution in [2.75, 3.05) is 7.05 Å². The minimum atomic E-state index is -0.278. The molecule has 0 radical (unpaired) electrons. The Morgan fingerprint density at radius 1 is 1.69 bits per heavy atom. The van der Waals surface area contributed by atoms with Gasteiger partial charge in [-0.05, 0) is 11.6 Å². The number of carbonyl (C=O) groups is 1. The van der Waals surface area contributed by atoms with Crippen LogP contribution in [0.15, 0.2) is 36.8 Å². The Labute approximate surface area is 94.8 Å². The maximum atomic E-state index is 11.4. The molecule has 84 valence electrons. The molecule has 4 heteroatoms. The van der Waals surface area contributed by atoms with Crippen molar-refractivity contribution in [2.24, 2.45) is 11.7 Å². The highest BCUT2D eigenvalue weighted by molar-refractivity contribution is 5.78. The molecule has 2 unspecified atom stereocenters. The summed E-state index contributed by atoms with van der Waals surface area (Å²) < 4.78 is 0. The van der Waals surface area contributed by atoms with Gasteiger partial charge in [-0.25, -0.2) is 0 Å². The van der Waals surface area contributed by atoms with Crippen molar-refractivity contribution < 1.29 is 4.79 Å². The van der Waals surface area contributed by atoms with E-state index in [4.69, 9.17) is 5.73 Å². The lowest BCUT2D eigenvalue weighted by molar-refractivity contribution is -0.122. The van der Waals surface area contributed by atoms with E-state index in [2.05, 4.69) is 11.6 Å². The number of aromatic nitrogens is 1. The third-order valence-electron chi connectivity index (χ3n) is 3.14. The molecule has 1 amide bonds. The summed E-state index contributed by atoms with van der Waals surface area (Å²) in [5, 5.41) is 0. The number of hydrogen-bond acceptors (Lipinski definition) is 3. The number of nitrogens with zero attached hydrogens (tertiary/aromatic N) is 2. The van der Waals surface area contributed by atoms with Gasteiger partial charge in [0.25, 0.3) is 0 Å². The third kappa shape index (κ3) is 1.66. The van der Waals surface area contributed by atoms with E-state index in [0.29, 0.717) is 6.42 Å². The Hall–Kier alpha value is -1.84. The van der Waals surface area contributed by atoms with Crippen LogP contribution >= 0.6 is 0 Å². The molecule has 1 fully saturated rings. The monoisotopic (exact) mass is 217 g/mol. The molecule has 1 saturated heterocycles. The third-order valence-corrected chi connectivity index (χ3v) is 3.14. The second-order valence-corrected chi connectivity index (χ2v) is 4.12. The number of carbonyl (C=O) groups excluding carboxylic acids is 1. The van der Waals surface area contributed by atoms with Crippen LogP contribution in [0.4, 0.5) is 0 Å². The highest BCUT2D eigenvalue weighted by Crippen LogP contribution is 2.40. The van der Waals surface area contributed by atoms with Crippen LogP contribution in [0.25, 0.3) is 0 Å². The average molecular weight is 217 g/mol. The summed E-state index contributed by atoms with van der Waals surface area (Å²) in [4.78, 5) is 17.5. The largest absolute Gasteiger partial charge is 0.370 e. The topological polar surface area (TPSA) is 59.2 Å². The van der Waals surface area contributed by atoms with Crippen LogP contribution in [0.3, 0.4) is 0 Å². The fraction of sp³-hybridized carbons (Fsp3) is 0.333. The highest BCUT2D eigenvalue weighted by Gasteiger charge is 2.38. The summed E-state index contributed by atoms with van der Waals surface area (Å²) >= 11 is 0. The molecule has 2 heterocycles. The van der Waals surface area contributed by atoms with Crippen molar-refractivity contribution in [1.82, 2.24) is 9.88 Å². The summed E-state index contributed by atoms with van der Waals surface area (Å²) in [6.45, 7) is 3.94. The molecule has 1 aliphatic heterocycles. The smallest absolute Gasteiger partial charge is 0.223 e. The van der Waals surface area contributed by atoms with Crippen molar-refractivity contribution in [3.63, 3.8) is 0 Å². The van der Waals surface area contributed by atoms with Crippen molar-refractivity contribution in [3.05, 3.63) is 42.4 Å². The van der Waals surface area contributed by atoms with E-state index in [1.165, 1.54) is 0 Å². The Balaban J connectivity index is 2.37. The molecular formula is C12H15N3O. The number of allylic oxidation sites excluding steroid dienone is 1. The highest BCUT2D eigenvalue weighted by atomic mass is 16.1. The first-order chi connectivity index (χ1) is 7.61. The summed E-state index contributed by atoms with van der Waals surface area (Å²) in [6, 6.07) is 3.80. The number of nitrogens with two attached hydrogens (primary N) is 1. The van der Waals surface area contributed by atoms with Crippen LogP contribution in [0, 0.1) is 5.92 Å². The molecule has 2 atom stereocenters. The van der Waals surface area contributed by atoms with Gasteiger partial charge in [0, 0.05) is 31.6 Å². The Morgan fingerprint density at radius 2 is 2.44 bits per heavy atom. The van der Waals surface area contributed by atoms with Gasteiger partial charge in [-0.2, -0.15) is 0 Å². The van der Waals surface area contributed by atoms with E-state index < -0.39 is 0 Å². The van der Waals surface area contributed by atoms with Crippen molar-refractivity contribution in [2.45, 2.75) is 12.5 Å². The minimum absolute atomic E-state index is 0.0290. The van der Waals surface area contributed by atoms with Crippen LogP contribution in [0.1, 0.15) is 18.0 Å². The van der Waals surface area contributed by atoms with Gasteiger partial charge in [-0.3, -0.25) is 9.78 Å². The molecule has 0 saturated carbocycles. The Bertz CT molecular complexity index is 416. The second kappa shape index (κ2) is 3.96. The van der Waals surface area contributed by atoms with Crippen LogP contribution in [-0.2, 0) is 4.79 Å². The summed E-state index contributed by atoms with van der Waals surface area (Å²) in [6.07, 6.45) is 4.12. The molecule has 4 nitrogen and oxygen atoms in total. The zero-order valence-electron chi connectivity index (χ0n) is 9.26. The fourth-order valence-corrected chi connectivity index (χ4v) is 2.24. The zero-order chi connectivity index (χ0) is 11.7. The van der Waals surface area contributed by atoms with Crippen LogP contribution < -0.4 is 5.73 Å². The first-order valence-corrected chi connectivity index (χ1v) is 5.21. The molecule has 0 bridgehead atoms. The van der Waals surface area contributed by atoms with Gasteiger partial charge < -0.3 is 10.6 Å². The maximum absolute atomic E-state index is 11.4. The lowest BCUT2D eigenvalue weighted by Crippen LogP contribution is -2.29. The molecular weight excluding hydrogens is 202 g/mol. The molecule has 2 rings (SSSR count). The number of hydrogen-bond donors (Lipinski definition) is 1. The quantitative estimate of drug-likeness (QED) is 0.806. The first kappa shape index (κ1) is 10.7. The number of likely N-dealkylation sites (tertiary alicyclic amines) is 1. The Kier molecular flexibility index (Phi) is 2.64. The van der Waals surface area contributed by atoms with Gasteiger partial charge in [0.05, 0.1) is 12.0 Å². The van der Waals surface area contributed by atoms with Gasteiger partial charge in [-0.1, -0.05) is 12.6 Å². The molecule has 0 aromatic carbocycles.